The average Bonchev–Trinajstić information content (AvgIpc) is 2.29. The summed E-state index contributed by atoms with van der Waals surface area (Å²) in [4.78, 5) is 0. The molecule has 0 aliphatic rings. The quantitative estimate of drug-likeness (QED) is 0.840. The Morgan fingerprint density at radius 2 is 1.65 bits per heavy atom. The molecule has 0 aromatic heterocycles. The maximum Gasteiger partial charge on any atom is 0.123 e. The summed E-state index contributed by atoms with van der Waals surface area (Å²) >= 11 is 6.75. The number of halogens is 3. The van der Waals surface area contributed by atoms with E-state index in [1.54, 1.807) is 12.1 Å². The van der Waals surface area contributed by atoms with Crippen LogP contribution >= 0.6 is 31.9 Å². The molecule has 0 heterocycles. The van der Waals surface area contributed by atoms with Gasteiger partial charge in [0.25, 0.3) is 0 Å². The Balaban J connectivity index is 2.36. The molecule has 0 fully saturated rings. The lowest BCUT2D eigenvalue weighted by molar-refractivity contribution is 0.219. The maximum atomic E-state index is 12.8. The van der Waals surface area contributed by atoms with E-state index < -0.39 is 6.10 Å². The van der Waals surface area contributed by atoms with Crippen molar-refractivity contribution in [1.82, 2.24) is 0 Å². The van der Waals surface area contributed by atoms with Crippen LogP contribution in [0.3, 0.4) is 0 Å². The number of benzene rings is 2. The minimum absolute atomic E-state index is 0.309. The fourth-order valence-corrected chi connectivity index (χ4v) is 2.81. The standard InChI is InChI=1S/C13H9Br2FO/c14-9-3-6-11(12(15)7-9)13(17)8-1-4-10(16)5-2-8/h1-7,13,17H. The Labute approximate surface area is 116 Å². The van der Waals surface area contributed by atoms with Gasteiger partial charge in [-0.3, -0.25) is 0 Å². The van der Waals surface area contributed by atoms with E-state index in [-0.39, 0.29) is 5.82 Å². The van der Waals surface area contributed by atoms with Crippen LogP contribution in [-0.4, -0.2) is 5.11 Å². The van der Waals surface area contributed by atoms with Crippen molar-refractivity contribution in [3.05, 3.63) is 68.4 Å². The molecule has 0 saturated carbocycles. The van der Waals surface area contributed by atoms with E-state index in [4.69, 9.17) is 0 Å². The molecule has 2 rings (SSSR count). The van der Waals surface area contributed by atoms with Gasteiger partial charge in [-0.15, -0.1) is 0 Å². The summed E-state index contributed by atoms with van der Waals surface area (Å²) in [7, 11) is 0. The topological polar surface area (TPSA) is 20.2 Å². The van der Waals surface area contributed by atoms with Crippen molar-refractivity contribution in [3.8, 4) is 0 Å². The van der Waals surface area contributed by atoms with Crippen molar-refractivity contribution in [2.75, 3.05) is 0 Å². The van der Waals surface area contributed by atoms with Crippen molar-refractivity contribution in [3.63, 3.8) is 0 Å². The molecule has 1 unspecified atom stereocenters. The molecule has 0 aliphatic heterocycles. The fraction of sp³-hybridized carbons (Fsp3) is 0.0769. The summed E-state index contributed by atoms with van der Waals surface area (Å²) in [5.74, 6) is -0.309. The van der Waals surface area contributed by atoms with Gasteiger partial charge in [-0.2, -0.15) is 0 Å². The third-order valence-corrected chi connectivity index (χ3v) is 3.62. The average molecular weight is 360 g/mol. The summed E-state index contributed by atoms with van der Waals surface area (Å²) in [6, 6.07) is 11.4. The van der Waals surface area contributed by atoms with Gasteiger partial charge in [0, 0.05) is 8.95 Å². The Bertz CT molecular complexity index is 525. The first-order chi connectivity index (χ1) is 8.08. The van der Waals surface area contributed by atoms with E-state index in [0.717, 1.165) is 14.5 Å². The Hall–Kier alpha value is -0.710. The second kappa shape index (κ2) is 5.29. The normalized spacial score (nSPS) is 12.5. The lowest BCUT2D eigenvalue weighted by atomic mass is 10.0. The van der Waals surface area contributed by atoms with Gasteiger partial charge >= 0.3 is 0 Å². The molecule has 0 aliphatic carbocycles. The summed E-state index contributed by atoms with van der Waals surface area (Å²) in [5.41, 5.74) is 1.41. The number of aliphatic hydroxyl groups is 1. The number of hydrogen-bond acceptors (Lipinski definition) is 1. The molecule has 2 aromatic carbocycles. The van der Waals surface area contributed by atoms with Crippen LogP contribution in [0.25, 0.3) is 0 Å². The molecule has 0 radical (unpaired) electrons. The lowest BCUT2D eigenvalue weighted by Gasteiger charge is -2.13. The molecule has 0 spiro atoms. The van der Waals surface area contributed by atoms with Crippen molar-refractivity contribution < 1.29 is 9.50 Å². The van der Waals surface area contributed by atoms with Gasteiger partial charge < -0.3 is 5.11 Å². The third-order valence-electron chi connectivity index (χ3n) is 2.44. The molecule has 1 nitrogen and oxygen atoms in total. The van der Waals surface area contributed by atoms with Gasteiger partial charge in [0.1, 0.15) is 11.9 Å². The summed E-state index contributed by atoms with van der Waals surface area (Å²) in [6.07, 6.45) is -0.766. The minimum Gasteiger partial charge on any atom is -0.384 e. The smallest absolute Gasteiger partial charge is 0.123 e. The highest BCUT2D eigenvalue weighted by Gasteiger charge is 2.13. The fourth-order valence-electron chi connectivity index (χ4n) is 1.55. The zero-order valence-corrected chi connectivity index (χ0v) is 11.9. The van der Waals surface area contributed by atoms with E-state index in [2.05, 4.69) is 31.9 Å². The third kappa shape index (κ3) is 2.94. The van der Waals surface area contributed by atoms with Gasteiger partial charge in [-0.25, -0.2) is 4.39 Å². The van der Waals surface area contributed by atoms with Crippen LogP contribution in [0.5, 0.6) is 0 Å². The first-order valence-corrected chi connectivity index (χ1v) is 6.55. The molecule has 0 amide bonds. The van der Waals surface area contributed by atoms with Gasteiger partial charge in [-0.1, -0.05) is 50.1 Å². The predicted molar refractivity (Wildman–Crippen MR) is 72.3 cm³/mol. The molecule has 4 heteroatoms. The summed E-state index contributed by atoms with van der Waals surface area (Å²) < 4.78 is 14.5. The van der Waals surface area contributed by atoms with E-state index in [1.807, 2.05) is 18.2 Å². The van der Waals surface area contributed by atoms with Crippen molar-refractivity contribution in [1.29, 1.82) is 0 Å². The van der Waals surface area contributed by atoms with E-state index in [0.29, 0.717) is 5.56 Å². The molecule has 2 aromatic rings. The van der Waals surface area contributed by atoms with Crippen molar-refractivity contribution >= 4 is 31.9 Å². The molecule has 1 N–H and O–H groups in total. The van der Waals surface area contributed by atoms with Crippen LogP contribution in [-0.2, 0) is 0 Å². The van der Waals surface area contributed by atoms with Crippen LogP contribution in [0.2, 0.25) is 0 Å². The SMILES string of the molecule is OC(c1ccc(F)cc1)c1ccc(Br)cc1Br. The van der Waals surface area contributed by atoms with Crippen LogP contribution in [0, 0.1) is 5.82 Å². The lowest BCUT2D eigenvalue weighted by Crippen LogP contribution is -2.00. The first kappa shape index (κ1) is 12.7. The monoisotopic (exact) mass is 358 g/mol. The van der Waals surface area contributed by atoms with E-state index in [9.17, 15) is 9.50 Å². The Morgan fingerprint density at radius 3 is 2.24 bits per heavy atom. The zero-order valence-electron chi connectivity index (χ0n) is 8.70. The number of aliphatic hydroxyl groups excluding tert-OH is 1. The van der Waals surface area contributed by atoms with Crippen LogP contribution < -0.4 is 0 Å². The van der Waals surface area contributed by atoms with Crippen LogP contribution in [0.1, 0.15) is 17.2 Å². The van der Waals surface area contributed by atoms with E-state index in [1.165, 1.54) is 12.1 Å². The van der Waals surface area contributed by atoms with Gasteiger partial charge in [0.2, 0.25) is 0 Å². The predicted octanol–water partition coefficient (Wildman–Crippen LogP) is 4.43. The highest BCUT2D eigenvalue weighted by molar-refractivity contribution is 9.11. The highest BCUT2D eigenvalue weighted by atomic mass is 79.9. The second-order valence-electron chi connectivity index (χ2n) is 3.62. The highest BCUT2D eigenvalue weighted by Crippen LogP contribution is 2.30. The van der Waals surface area contributed by atoms with Crippen LogP contribution in [0.15, 0.2) is 51.4 Å². The minimum atomic E-state index is -0.766. The first-order valence-electron chi connectivity index (χ1n) is 4.96. The molecular weight excluding hydrogens is 351 g/mol. The van der Waals surface area contributed by atoms with Crippen LogP contribution in [0.4, 0.5) is 4.39 Å². The van der Waals surface area contributed by atoms with Gasteiger partial charge in [-0.05, 0) is 35.4 Å². The molecule has 0 saturated heterocycles. The Morgan fingerprint density at radius 1 is 1.00 bits per heavy atom. The molecule has 88 valence electrons. The van der Waals surface area contributed by atoms with Gasteiger partial charge in [0.15, 0.2) is 0 Å². The summed E-state index contributed by atoms with van der Waals surface area (Å²) in [6.45, 7) is 0. The molecule has 17 heavy (non-hydrogen) atoms. The van der Waals surface area contributed by atoms with Gasteiger partial charge in [0.05, 0.1) is 0 Å². The second-order valence-corrected chi connectivity index (χ2v) is 5.39. The molecule has 1 atom stereocenters. The zero-order chi connectivity index (χ0) is 12.4. The largest absolute Gasteiger partial charge is 0.384 e. The summed E-state index contributed by atoms with van der Waals surface area (Å²) in [5, 5.41) is 10.2. The maximum absolute atomic E-state index is 12.8. The van der Waals surface area contributed by atoms with E-state index >= 15 is 0 Å². The Kier molecular flexibility index (Phi) is 3.97. The molecule has 0 bridgehead atoms. The molecular formula is C13H9Br2FO. The number of hydrogen-bond donors (Lipinski definition) is 1. The number of rotatable bonds is 2. The van der Waals surface area contributed by atoms with Crippen molar-refractivity contribution in [2.24, 2.45) is 0 Å². The van der Waals surface area contributed by atoms with Crippen molar-refractivity contribution in [2.45, 2.75) is 6.10 Å².